The predicted octanol–water partition coefficient (Wildman–Crippen LogP) is 2.40. The standard InChI is InChI=1S/C26H29N3O5S/c30-25(29-16-14-28(15-17-29)19-21-6-2-1-3-7-21)20-34-26(31)12-13-27-35(32,33)24-11-10-22-8-4-5-9-23(22)18-24/h1-11,18,27H,12-17,19-20H2. The van der Waals surface area contributed by atoms with Crippen molar-refractivity contribution in [3.05, 3.63) is 78.4 Å². The number of esters is 1. The molecule has 0 radical (unpaired) electrons. The number of hydrogen-bond donors (Lipinski definition) is 1. The molecule has 0 atom stereocenters. The van der Waals surface area contributed by atoms with E-state index in [0.29, 0.717) is 13.1 Å². The summed E-state index contributed by atoms with van der Waals surface area (Å²) in [6.07, 6.45) is -0.162. The lowest BCUT2D eigenvalue weighted by atomic mass is 10.1. The third-order valence-corrected chi connectivity index (χ3v) is 7.44. The lowest BCUT2D eigenvalue weighted by molar-refractivity contribution is -0.152. The van der Waals surface area contributed by atoms with Crippen LogP contribution in [0.15, 0.2) is 77.7 Å². The number of hydrogen-bond acceptors (Lipinski definition) is 6. The van der Waals surface area contributed by atoms with Gasteiger partial charge in [0.25, 0.3) is 5.91 Å². The van der Waals surface area contributed by atoms with Gasteiger partial charge in [0.05, 0.1) is 11.3 Å². The van der Waals surface area contributed by atoms with Crippen molar-refractivity contribution >= 4 is 32.7 Å². The summed E-state index contributed by atoms with van der Waals surface area (Å²) >= 11 is 0. The summed E-state index contributed by atoms with van der Waals surface area (Å²) in [7, 11) is -3.76. The van der Waals surface area contributed by atoms with Crippen LogP contribution in [0.25, 0.3) is 10.8 Å². The Morgan fingerprint density at radius 2 is 1.54 bits per heavy atom. The third-order valence-electron chi connectivity index (χ3n) is 5.98. The van der Waals surface area contributed by atoms with E-state index in [9.17, 15) is 18.0 Å². The van der Waals surface area contributed by atoms with Crippen LogP contribution in [0.5, 0.6) is 0 Å². The molecule has 1 saturated heterocycles. The summed E-state index contributed by atoms with van der Waals surface area (Å²) < 4.78 is 32.6. The van der Waals surface area contributed by atoms with Gasteiger partial charge in [-0.1, -0.05) is 60.7 Å². The summed E-state index contributed by atoms with van der Waals surface area (Å²) in [6, 6.07) is 22.5. The fraction of sp³-hybridized carbons (Fsp3) is 0.308. The Balaban J connectivity index is 1.16. The highest BCUT2D eigenvalue weighted by Crippen LogP contribution is 2.18. The fourth-order valence-corrected chi connectivity index (χ4v) is 5.07. The zero-order chi connectivity index (χ0) is 24.7. The number of carbonyl (C=O) groups is 2. The molecular weight excluding hydrogens is 466 g/mol. The maximum Gasteiger partial charge on any atom is 0.307 e. The van der Waals surface area contributed by atoms with E-state index in [1.807, 2.05) is 42.5 Å². The molecule has 1 heterocycles. The van der Waals surface area contributed by atoms with E-state index in [-0.39, 0.29) is 30.4 Å². The van der Waals surface area contributed by atoms with Crippen molar-refractivity contribution in [2.24, 2.45) is 0 Å². The third kappa shape index (κ3) is 6.88. The van der Waals surface area contributed by atoms with Gasteiger partial charge in [-0.15, -0.1) is 0 Å². The smallest absolute Gasteiger partial charge is 0.307 e. The molecular formula is C26H29N3O5S. The zero-order valence-corrected chi connectivity index (χ0v) is 20.2. The number of ether oxygens (including phenoxy) is 1. The van der Waals surface area contributed by atoms with Gasteiger partial charge in [-0.2, -0.15) is 0 Å². The van der Waals surface area contributed by atoms with E-state index in [1.54, 1.807) is 17.0 Å². The first-order chi connectivity index (χ1) is 16.9. The van der Waals surface area contributed by atoms with Gasteiger partial charge in [-0.25, -0.2) is 13.1 Å². The highest BCUT2D eigenvalue weighted by Gasteiger charge is 2.22. The number of piperazine rings is 1. The molecule has 0 spiro atoms. The maximum absolute atomic E-state index is 12.5. The molecule has 1 fully saturated rings. The molecule has 8 nitrogen and oxygen atoms in total. The van der Waals surface area contributed by atoms with Crippen molar-refractivity contribution in [2.45, 2.75) is 17.9 Å². The van der Waals surface area contributed by atoms with Gasteiger partial charge in [0.15, 0.2) is 6.61 Å². The molecule has 0 aliphatic carbocycles. The molecule has 1 amide bonds. The molecule has 0 bridgehead atoms. The second-order valence-corrected chi connectivity index (χ2v) is 10.2. The van der Waals surface area contributed by atoms with Crippen molar-refractivity contribution in [1.82, 2.24) is 14.5 Å². The monoisotopic (exact) mass is 495 g/mol. The first-order valence-electron chi connectivity index (χ1n) is 11.6. The second-order valence-electron chi connectivity index (χ2n) is 8.46. The van der Waals surface area contributed by atoms with Gasteiger partial charge in [0, 0.05) is 39.3 Å². The molecule has 0 aromatic heterocycles. The van der Waals surface area contributed by atoms with Crippen LogP contribution < -0.4 is 4.72 Å². The predicted molar refractivity (Wildman–Crippen MR) is 133 cm³/mol. The Morgan fingerprint density at radius 1 is 0.857 bits per heavy atom. The number of nitrogens with zero attached hydrogens (tertiary/aromatic N) is 2. The average Bonchev–Trinajstić information content (AvgIpc) is 2.88. The van der Waals surface area contributed by atoms with Crippen molar-refractivity contribution in [2.75, 3.05) is 39.3 Å². The highest BCUT2D eigenvalue weighted by atomic mass is 32.2. The number of sulfonamides is 1. The molecule has 0 unspecified atom stereocenters. The summed E-state index contributed by atoms with van der Waals surface area (Å²) in [5.41, 5.74) is 1.23. The fourth-order valence-electron chi connectivity index (χ4n) is 4.01. The maximum atomic E-state index is 12.5. The Hall–Kier alpha value is -3.27. The topological polar surface area (TPSA) is 96.0 Å². The molecule has 184 valence electrons. The minimum atomic E-state index is -3.76. The number of nitrogens with one attached hydrogen (secondary N) is 1. The number of benzene rings is 3. The molecule has 4 rings (SSSR count). The highest BCUT2D eigenvalue weighted by molar-refractivity contribution is 7.89. The molecule has 9 heteroatoms. The number of fused-ring (bicyclic) bond motifs is 1. The van der Waals surface area contributed by atoms with E-state index in [1.165, 1.54) is 11.6 Å². The minimum Gasteiger partial charge on any atom is -0.456 e. The molecule has 3 aromatic carbocycles. The van der Waals surface area contributed by atoms with E-state index < -0.39 is 16.0 Å². The molecule has 0 saturated carbocycles. The first-order valence-corrected chi connectivity index (χ1v) is 13.1. The molecule has 1 aliphatic heterocycles. The number of carbonyl (C=O) groups excluding carboxylic acids is 2. The SMILES string of the molecule is O=C(CCNS(=O)(=O)c1ccc2ccccc2c1)OCC(=O)N1CCN(Cc2ccccc2)CC1. The van der Waals surface area contributed by atoms with Crippen LogP contribution in [0.1, 0.15) is 12.0 Å². The largest absolute Gasteiger partial charge is 0.456 e. The van der Waals surface area contributed by atoms with E-state index >= 15 is 0 Å². The quantitative estimate of drug-likeness (QED) is 0.458. The normalized spacial score (nSPS) is 14.7. The van der Waals surface area contributed by atoms with E-state index in [2.05, 4.69) is 21.8 Å². The van der Waals surface area contributed by atoms with Crippen LogP contribution in [0.2, 0.25) is 0 Å². The Bertz CT molecular complexity index is 1270. The summed E-state index contributed by atoms with van der Waals surface area (Å²) in [6.45, 7) is 3.06. The summed E-state index contributed by atoms with van der Waals surface area (Å²) in [5, 5.41) is 1.76. The average molecular weight is 496 g/mol. The van der Waals surface area contributed by atoms with Crippen molar-refractivity contribution in [1.29, 1.82) is 0 Å². The molecule has 3 aromatic rings. The van der Waals surface area contributed by atoms with Gasteiger partial charge >= 0.3 is 5.97 Å². The lowest BCUT2D eigenvalue weighted by Crippen LogP contribution is -2.49. The van der Waals surface area contributed by atoms with Crippen LogP contribution in [0.3, 0.4) is 0 Å². The number of amides is 1. The van der Waals surface area contributed by atoms with Crippen LogP contribution in [0.4, 0.5) is 0 Å². The van der Waals surface area contributed by atoms with Crippen molar-refractivity contribution in [3.63, 3.8) is 0 Å². The van der Waals surface area contributed by atoms with Gasteiger partial charge in [0.2, 0.25) is 10.0 Å². The summed E-state index contributed by atoms with van der Waals surface area (Å²) in [4.78, 5) is 28.6. The Kier molecular flexibility index (Phi) is 8.12. The van der Waals surface area contributed by atoms with Crippen LogP contribution in [-0.4, -0.2) is 69.4 Å². The van der Waals surface area contributed by atoms with Crippen LogP contribution in [-0.2, 0) is 30.9 Å². The summed E-state index contributed by atoms with van der Waals surface area (Å²) in [5.74, 6) is -0.864. The van der Waals surface area contributed by atoms with Gasteiger partial charge in [-0.05, 0) is 28.5 Å². The van der Waals surface area contributed by atoms with Crippen molar-refractivity contribution in [3.8, 4) is 0 Å². The zero-order valence-electron chi connectivity index (χ0n) is 19.4. The Morgan fingerprint density at radius 3 is 2.29 bits per heavy atom. The lowest BCUT2D eigenvalue weighted by Gasteiger charge is -2.34. The minimum absolute atomic E-state index is 0.111. The molecule has 35 heavy (non-hydrogen) atoms. The van der Waals surface area contributed by atoms with Crippen LogP contribution in [0, 0.1) is 0 Å². The van der Waals surface area contributed by atoms with E-state index in [4.69, 9.17) is 4.74 Å². The van der Waals surface area contributed by atoms with Gasteiger partial charge in [-0.3, -0.25) is 14.5 Å². The molecule has 1 aliphatic rings. The van der Waals surface area contributed by atoms with Crippen molar-refractivity contribution < 1.29 is 22.7 Å². The first kappa shape index (κ1) is 24.8. The van der Waals surface area contributed by atoms with E-state index in [0.717, 1.165) is 30.4 Å². The van der Waals surface area contributed by atoms with Crippen LogP contribution >= 0.6 is 0 Å². The van der Waals surface area contributed by atoms with Gasteiger partial charge < -0.3 is 9.64 Å². The number of rotatable bonds is 9. The molecule has 1 N–H and O–H groups in total. The van der Waals surface area contributed by atoms with Gasteiger partial charge in [0.1, 0.15) is 0 Å². The second kappa shape index (κ2) is 11.4. The Labute approximate surface area is 205 Å².